The summed E-state index contributed by atoms with van der Waals surface area (Å²) in [5.74, 6) is 1.55. The number of aromatic nitrogens is 3. The Morgan fingerprint density at radius 1 is 1.00 bits per heavy atom. The van der Waals surface area contributed by atoms with Crippen LogP contribution in [0.15, 0.2) is 73.1 Å². The Morgan fingerprint density at radius 2 is 1.81 bits per heavy atom. The predicted octanol–water partition coefficient (Wildman–Crippen LogP) is 5.26. The fraction of sp³-hybridized carbons (Fsp3) is 0.167. The molecule has 7 heteroatoms. The first-order valence-electron chi connectivity index (χ1n) is 9.79. The first kappa shape index (κ1) is 21.3. The lowest BCUT2D eigenvalue weighted by Gasteiger charge is -2.16. The van der Waals surface area contributed by atoms with Crippen molar-refractivity contribution in [2.75, 3.05) is 7.11 Å². The van der Waals surface area contributed by atoms with E-state index in [1.54, 1.807) is 19.5 Å². The van der Waals surface area contributed by atoms with Gasteiger partial charge in [0, 0.05) is 35.2 Å². The van der Waals surface area contributed by atoms with Gasteiger partial charge < -0.3 is 9.47 Å². The molecule has 4 aromatic rings. The fourth-order valence-electron chi connectivity index (χ4n) is 3.97. The number of hydrogen-bond donors (Lipinski definition) is 0. The van der Waals surface area contributed by atoms with Crippen LogP contribution in [0.25, 0.3) is 16.9 Å². The summed E-state index contributed by atoms with van der Waals surface area (Å²) in [6.07, 6.45) is 5.03. The number of methoxy groups -OCH3 is 1. The van der Waals surface area contributed by atoms with Gasteiger partial charge in [0.05, 0.1) is 24.7 Å². The summed E-state index contributed by atoms with van der Waals surface area (Å²) in [5, 5.41) is 5.67. The van der Waals surface area contributed by atoms with Crippen LogP contribution in [0.5, 0.6) is 11.5 Å². The molecule has 2 heterocycles. The molecule has 1 atom stereocenters. The largest absolute Gasteiger partial charge is 0.494 e. The van der Waals surface area contributed by atoms with Crippen LogP contribution in [0, 0.1) is 0 Å². The summed E-state index contributed by atoms with van der Waals surface area (Å²) >= 11 is 6.14. The summed E-state index contributed by atoms with van der Waals surface area (Å²) in [4.78, 5) is 4.14. The molecular formula is C24H22ClN3O2S. The summed E-state index contributed by atoms with van der Waals surface area (Å²) in [6.45, 7) is 0. The van der Waals surface area contributed by atoms with Gasteiger partial charge in [-0.15, -0.1) is 0 Å². The molecule has 5 nitrogen and oxygen atoms in total. The molecule has 0 bridgehead atoms. The standard InChI is InChI=1S/C24H20ClN3O2.H2S/c1-29-23-7-3-2-6-22(23)28-24(16-8-10-17(25)11-9-16)20-13-19(14-21(20)27-28)30-18-5-4-12-26-15-18;/h2-12,15,19H,13-14H2,1H3;1H2/t19-;/m0./s1. The van der Waals surface area contributed by atoms with E-state index in [0.29, 0.717) is 5.02 Å². The summed E-state index contributed by atoms with van der Waals surface area (Å²) in [5.41, 5.74) is 5.24. The van der Waals surface area contributed by atoms with Crippen LogP contribution in [-0.4, -0.2) is 28.0 Å². The molecule has 0 unspecified atom stereocenters. The van der Waals surface area contributed by atoms with E-state index >= 15 is 0 Å². The van der Waals surface area contributed by atoms with E-state index in [2.05, 4.69) is 4.98 Å². The van der Waals surface area contributed by atoms with Gasteiger partial charge in [-0.2, -0.15) is 18.6 Å². The molecule has 1 aliphatic rings. The Labute approximate surface area is 193 Å². The third-order valence-corrected chi connectivity index (χ3v) is 5.54. The number of fused-ring (bicyclic) bond motifs is 1. The van der Waals surface area contributed by atoms with E-state index in [0.717, 1.165) is 47.0 Å². The molecule has 31 heavy (non-hydrogen) atoms. The van der Waals surface area contributed by atoms with Crippen LogP contribution in [0.3, 0.4) is 0 Å². The Bertz CT molecular complexity index is 1180. The van der Waals surface area contributed by atoms with E-state index in [1.165, 1.54) is 5.56 Å². The molecule has 0 fully saturated rings. The van der Waals surface area contributed by atoms with Crippen LogP contribution in [-0.2, 0) is 12.8 Å². The monoisotopic (exact) mass is 451 g/mol. The van der Waals surface area contributed by atoms with Gasteiger partial charge in [-0.25, -0.2) is 4.68 Å². The van der Waals surface area contributed by atoms with Crippen molar-refractivity contribution in [2.24, 2.45) is 0 Å². The van der Waals surface area contributed by atoms with Crippen molar-refractivity contribution >= 4 is 25.1 Å². The number of benzene rings is 2. The average molecular weight is 452 g/mol. The maximum Gasteiger partial charge on any atom is 0.144 e. The molecule has 1 aliphatic carbocycles. The summed E-state index contributed by atoms with van der Waals surface area (Å²) in [6, 6.07) is 19.6. The van der Waals surface area contributed by atoms with Gasteiger partial charge in [-0.1, -0.05) is 35.9 Å². The van der Waals surface area contributed by atoms with Crippen LogP contribution in [0.1, 0.15) is 11.3 Å². The molecule has 2 aromatic heterocycles. The number of hydrogen-bond acceptors (Lipinski definition) is 4. The highest BCUT2D eigenvalue weighted by atomic mass is 35.5. The number of nitrogens with zero attached hydrogens (tertiary/aromatic N) is 3. The smallest absolute Gasteiger partial charge is 0.144 e. The van der Waals surface area contributed by atoms with Crippen LogP contribution in [0.2, 0.25) is 5.02 Å². The summed E-state index contributed by atoms with van der Waals surface area (Å²) in [7, 11) is 1.68. The molecule has 0 saturated carbocycles. The van der Waals surface area contributed by atoms with Gasteiger partial charge in [0.2, 0.25) is 0 Å². The SMILES string of the molecule is COc1ccccc1-n1nc2c(c1-c1ccc(Cl)cc1)C[C@H](Oc1cccnc1)C2.S. The average Bonchev–Trinajstić information content (AvgIpc) is 3.32. The fourth-order valence-corrected chi connectivity index (χ4v) is 4.09. The molecule has 0 aliphatic heterocycles. The lowest BCUT2D eigenvalue weighted by Crippen LogP contribution is -2.18. The van der Waals surface area contributed by atoms with Gasteiger partial charge in [0.1, 0.15) is 23.3 Å². The lowest BCUT2D eigenvalue weighted by atomic mass is 10.1. The van der Waals surface area contributed by atoms with Gasteiger partial charge in [0.15, 0.2) is 0 Å². The highest BCUT2D eigenvalue weighted by Gasteiger charge is 2.32. The molecule has 0 amide bonds. The molecule has 5 rings (SSSR count). The van der Waals surface area contributed by atoms with Crippen molar-refractivity contribution in [3.8, 4) is 28.4 Å². The topological polar surface area (TPSA) is 49.2 Å². The molecule has 158 valence electrons. The maximum absolute atomic E-state index is 6.16. The van der Waals surface area contributed by atoms with Gasteiger partial charge >= 0.3 is 0 Å². The van der Waals surface area contributed by atoms with E-state index in [1.807, 2.05) is 65.3 Å². The van der Waals surface area contributed by atoms with Crippen molar-refractivity contribution in [1.29, 1.82) is 0 Å². The minimum atomic E-state index is 0. The minimum Gasteiger partial charge on any atom is -0.494 e. The molecule has 0 spiro atoms. The van der Waals surface area contributed by atoms with Crippen molar-refractivity contribution in [1.82, 2.24) is 14.8 Å². The normalized spacial score (nSPS) is 14.6. The Morgan fingerprint density at radius 3 is 2.55 bits per heavy atom. The summed E-state index contributed by atoms with van der Waals surface area (Å²) < 4.78 is 13.7. The first-order valence-corrected chi connectivity index (χ1v) is 10.2. The van der Waals surface area contributed by atoms with Crippen molar-refractivity contribution < 1.29 is 9.47 Å². The van der Waals surface area contributed by atoms with Gasteiger partial charge in [0.25, 0.3) is 0 Å². The van der Waals surface area contributed by atoms with Crippen molar-refractivity contribution in [2.45, 2.75) is 18.9 Å². The highest BCUT2D eigenvalue weighted by Crippen LogP contribution is 2.37. The Balaban J connectivity index is 0.00000231. The number of para-hydroxylation sites is 2. The first-order chi connectivity index (χ1) is 14.7. The number of halogens is 1. The highest BCUT2D eigenvalue weighted by molar-refractivity contribution is 7.59. The van der Waals surface area contributed by atoms with Crippen molar-refractivity contribution in [3.63, 3.8) is 0 Å². The molecule has 2 aromatic carbocycles. The number of pyridine rings is 1. The maximum atomic E-state index is 6.16. The number of rotatable bonds is 5. The van der Waals surface area contributed by atoms with Crippen LogP contribution >= 0.6 is 25.1 Å². The van der Waals surface area contributed by atoms with Crippen LogP contribution in [0.4, 0.5) is 0 Å². The quantitative estimate of drug-likeness (QED) is 0.415. The molecule has 0 saturated heterocycles. The second kappa shape index (κ2) is 9.04. The molecule has 0 radical (unpaired) electrons. The molecular weight excluding hydrogens is 430 g/mol. The Hall–Kier alpha value is -2.96. The third kappa shape index (κ3) is 4.13. The van der Waals surface area contributed by atoms with E-state index < -0.39 is 0 Å². The van der Waals surface area contributed by atoms with Crippen molar-refractivity contribution in [3.05, 3.63) is 89.3 Å². The van der Waals surface area contributed by atoms with Gasteiger partial charge in [-0.3, -0.25) is 4.98 Å². The second-order valence-electron chi connectivity index (χ2n) is 7.20. The van der Waals surface area contributed by atoms with E-state index in [4.69, 9.17) is 26.2 Å². The molecule has 0 N–H and O–H groups in total. The minimum absolute atomic E-state index is 0. The zero-order valence-corrected chi connectivity index (χ0v) is 18.7. The zero-order valence-electron chi connectivity index (χ0n) is 17.0. The third-order valence-electron chi connectivity index (χ3n) is 5.29. The second-order valence-corrected chi connectivity index (χ2v) is 7.64. The zero-order chi connectivity index (χ0) is 20.5. The van der Waals surface area contributed by atoms with Gasteiger partial charge in [-0.05, 0) is 36.4 Å². The number of ether oxygens (including phenoxy) is 2. The van der Waals surface area contributed by atoms with Crippen LogP contribution < -0.4 is 9.47 Å². The van der Waals surface area contributed by atoms with E-state index in [-0.39, 0.29) is 19.6 Å². The van der Waals surface area contributed by atoms with E-state index in [9.17, 15) is 0 Å². The lowest BCUT2D eigenvalue weighted by molar-refractivity contribution is 0.211. The predicted molar refractivity (Wildman–Crippen MR) is 127 cm³/mol. The Kier molecular flexibility index (Phi) is 6.20.